The molecule has 0 unspecified atom stereocenters. The quantitative estimate of drug-likeness (QED) is 0.854. The van der Waals surface area contributed by atoms with Crippen LogP contribution in [0, 0.1) is 5.82 Å². The molecular formula is C23H22FNO4. The maximum Gasteiger partial charge on any atom is 0.225 e. The lowest BCUT2D eigenvalue weighted by molar-refractivity contribution is -0.122. The van der Waals surface area contributed by atoms with Crippen LogP contribution in [0.15, 0.2) is 53.7 Å². The Hall–Kier alpha value is -3.15. The van der Waals surface area contributed by atoms with E-state index >= 15 is 0 Å². The molecule has 1 N–H and O–H groups in total. The van der Waals surface area contributed by atoms with Gasteiger partial charge in [0.1, 0.15) is 5.82 Å². The summed E-state index contributed by atoms with van der Waals surface area (Å²) in [7, 11) is 3.12. The predicted octanol–water partition coefficient (Wildman–Crippen LogP) is 3.85. The van der Waals surface area contributed by atoms with Gasteiger partial charge in [-0.05, 0) is 47.7 Å². The number of carbonyl (C=O) groups excluding carboxylic acids is 2. The number of hydrogen-bond acceptors (Lipinski definition) is 4. The standard InChI is InChI=1S/C23H22FNO4/c1-28-20-8-5-14(11-21(20)29-2)17-12-22(27)25-18-9-15(10-19(26)23(17)18)13-3-6-16(24)7-4-13/h3-8,11,15,17H,9-10,12H2,1-2H3,(H,25,27)/t15-,17-/m1/s1. The molecule has 1 aliphatic carbocycles. The number of halogens is 1. The molecule has 0 saturated carbocycles. The minimum absolute atomic E-state index is 0.0142. The van der Waals surface area contributed by atoms with E-state index in [1.807, 2.05) is 12.1 Å². The highest BCUT2D eigenvalue weighted by Gasteiger charge is 2.38. The number of hydrogen-bond donors (Lipinski definition) is 1. The monoisotopic (exact) mass is 395 g/mol. The Morgan fingerprint density at radius 1 is 0.897 bits per heavy atom. The van der Waals surface area contributed by atoms with Crippen LogP contribution in [0.5, 0.6) is 11.5 Å². The van der Waals surface area contributed by atoms with Gasteiger partial charge in [0.25, 0.3) is 0 Å². The minimum atomic E-state index is -0.319. The van der Waals surface area contributed by atoms with Crippen LogP contribution >= 0.6 is 0 Å². The maximum atomic E-state index is 13.3. The van der Waals surface area contributed by atoms with Gasteiger partial charge in [0, 0.05) is 30.0 Å². The molecule has 6 heteroatoms. The molecule has 5 nitrogen and oxygen atoms in total. The molecule has 2 aromatic rings. The van der Waals surface area contributed by atoms with Gasteiger partial charge in [-0.3, -0.25) is 9.59 Å². The number of Topliss-reactive ketones (excluding diaryl/α,β-unsaturated/α-hetero) is 1. The molecule has 0 fully saturated rings. The summed E-state index contributed by atoms with van der Waals surface area (Å²) in [4.78, 5) is 25.5. The normalized spacial score (nSPS) is 21.5. The summed E-state index contributed by atoms with van der Waals surface area (Å²) in [5, 5.41) is 2.90. The summed E-state index contributed by atoms with van der Waals surface area (Å²) < 4.78 is 23.9. The highest BCUT2D eigenvalue weighted by molar-refractivity contribution is 6.02. The van der Waals surface area contributed by atoms with Gasteiger partial charge in [0.05, 0.1) is 14.2 Å². The van der Waals surface area contributed by atoms with Crippen LogP contribution < -0.4 is 14.8 Å². The first kappa shape index (κ1) is 19.2. The van der Waals surface area contributed by atoms with Crippen LogP contribution in [0.2, 0.25) is 0 Å². The van der Waals surface area contributed by atoms with Crippen LogP contribution in [-0.4, -0.2) is 25.9 Å². The van der Waals surface area contributed by atoms with Crippen molar-refractivity contribution in [3.8, 4) is 11.5 Å². The van der Waals surface area contributed by atoms with Gasteiger partial charge < -0.3 is 14.8 Å². The lowest BCUT2D eigenvalue weighted by atomic mass is 9.73. The van der Waals surface area contributed by atoms with Gasteiger partial charge in [-0.2, -0.15) is 0 Å². The molecule has 150 valence electrons. The summed E-state index contributed by atoms with van der Waals surface area (Å²) in [5.41, 5.74) is 3.08. The van der Waals surface area contributed by atoms with Crippen molar-refractivity contribution in [3.05, 3.63) is 70.7 Å². The Morgan fingerprint density at radius 3 is 2.28 bits per heavy atom. The number of ketones is 1. The van der Waals surface area contributed by atoms with Gasteiger partial charge in [-0.15, -0.1) is 0 Å². The lowest BCUT2D eigenvalue weighted by Gasteiger charge is -2.34. The van der Waals surface area contributed by atoms with E-state index in [-0.39, 0.29) is 35.8 Å². The Kier molecular flexibility index (Phi) is 5.09. The zero-order valence-corrected chi connectivity index (χ0v) is 16.3. The van der Waals surface area contributed by atoms with E-state index in [1.165, 1.54) is 12.1 Å². The second-order valence-corrected chi connectivity index (χ2v) is 7.39. The Balaban J connectivity index is 1.71. The molecule has 0 bridgehead atoms. The first-order valence-corrected chi connectivity index (χ1v) is 9.53. The lowest BCUT2D eigenvalue weighted by Crippen LogP contribution is -2.38. The maximum absolute atomic E-state index is 13.3. The second kappa shape index (κ2) is 7.70. The highest BCUT2D eigenvalue weighted by atomic mass is 19.1. The molecule has 2 aliphatic rings. The first-order chi connectivity index (χ1) is 14.0. The number of carbonyl (C=O) groups is 2. The van der Waals surface area contributed by atoms with Crippen molar-refractivity contribution in [2.45, 2.75) is 31.1 Å². The van der Waals surface area contributed by atoms with Gasteiger partial charge in [-0.1, -0.05) is 18.2 Å². The van der Waals surface area contributed by atoms with Crippen molar-refractivity contribution >= 4 is 11.7 Å². The molecule has 0 radical (unpaired) electrons. The summed E-state index contributed by atoms with van der Waals surface area (Å²) in [6, 6.07) is 11.7. The SMILES string of the molecule is COc1ccc([C@H]2CC(=O)NC3=C2C(=O)C[C@H](c2ccc(F)cc2)C3)cc1OC. The minimum Gasteiger partial charge on any atom is -0.493 e. The third-order valence-corrected chi connectivity index (χ3v) is 5.69. The predicted molar refractivity (Wildman–Crippen MR) is 105 cm³/mol. The molecule has 29 heavy (non-hydrogen) atoms. The third-order valence-electron chi connectivity index (χ3n) is 5.69. The van der Waals surface area contributed by atoms with E-state index in [9.17, 15) is 14.0 Å². The van der Waals surface area contributed by atoms with Crippen LogP contribution in [0.1, 0.15) is 42.2 Å². The zero-order chi connectivity index (χ0) is 20.5. The number of amides is 1. The van der Waals surface area contributed by atoms with Gasteiger partial charge in [-0.25, -0.2) is 4.39 Å². The second-order valence-electron chi connectivity index (χ2n) is 7.39. The average Bonchev–Trinajstić information content (AvgIpc) is 2.72. The van der Waals surface area contributed by atoms with Crippen LogP contribution in [0.3, 0.4) is 0 Å². The third kappa shape index (κ3) is 3.62. The van der Waals surface area contributed by atoms with Gasteiger partial charge in [0.2, 0.25) is 5.91 Å². The fourth-order valence-corrected chi connectivity index (χ4v) is 4.29. The zero-order valence-electron chi connectivity index (χ0n) is 16.3. The molecule has 0 aromatic heterocycles. The number of allylic oxidation sites excluding steroid dienone is 2. The van der Waals surface area contributed by atoms with E-state index in [2.05, 4.69) is 5.32 Å². The van der Waals surface area contributed by atoms with E-state index in [4.69, 9.17) is 9.47 Å². The summed E-state index contributed by atoms with van der Waals surface area (Å²) >= 11 is 0. The van der Waals surface area contributed by atoms with Crippen molar-refractivity contribution in [1.82, 2.24) is 5.32 Å². The fraction of sp³-hybridized carbons (Fsp3) is 0.304. The smallest absolute Gasteiger partial charge is 0.225 e. The van der Waals surface area contributed by atoms with E-state index in [0.29, 0.717) is 35.6 Å². The average molecular weight is 395 g/mol. The molecule has 0 spiro atoms. The van der Waals surface area contributed by atoms with Crippen molar-refractivity contribution in [1.29, 1.82) is 0 Å². The first-order valence-electron chi connectivity index (χ1n) is 9.53. The number of methoxy groups -OCH3 is 2. The molecule has 1 aliphatic heterocycles. The summed E-state index contributed by atoms with van der Waals surface area (Å²) in [6.45, 7) is 0. The van der Waals surface area contributed by atoms with Crippen molar-refractivity contribution in [3.63, 3.8) is 0 Å². The van der Waals surface area contributed by atoms with Crippen LogP contribution in [0.4, 0.5) is 4.39 Å². The van der Waals surface area contributed by atoms with Crippen LogP contribution in [-0.2, 0) is 9.59 Å². The van der Waals surface area contributed by atoms with E-state index in [1.54, 1.807) is 32.4 Å². The number of rotatable bonds is 4. The van der Waals surface area contributed by atoms with Crippen molar-refractivity contribution in [2.75, 3.05) is 14.2 Å². The van der Waals surface area contributed by atoms with Crippen LogP contribution in [0.25, 0.3) is 0 Å². The largest absolute Gasteiger partial charge is 0.493 e. The molecule has 4 rings (SSSR count). The summed E-state index contributed by atoms with van der Waals surface area (Å²) in [5.74, 6) is 0.348. The van der Waals surface area contributed by atoms with Gasteiger partial charge in [0.15, 0.2) is 17.3 Å². The Labute approximate surface area is 168 Å². The number of ether oxygens (including phenoxy) is 2. The molecule has 1 heterocycles. The molecule has 0 saturated heterocycles. The van der Waals surface area contributed by atoms with Crippen molar-refractivity contribution < 1.29 is 23.5 Å². The van der Waals surface area contributed by atoms with Crippen molar-refractivity contribution in [2.24, 2.45) is 0 Å². The van der Waals surface area contributed by atoms with E-state index in [0.717, 1.165) is 11.1 Å². The molecular weight excluding hydrogens is 373 g/mol. The Bertz CT molecular complexity index is 996. The number of benzene rings is 2. The molecule has 2 atom stereocenters. The topological polar surface area (TPSA) is 64.6 Å². The molecule has 1 amide bonds. The molecule has 2 aromatic carbocycles. The number of nitrogens with one attached hydrogen (secondary N) is 1. The summed E-state index contributed by atoms with van der Waals surface area (Å²) in [6.07, 6.45) is 1.09. The Morgan fingerprint density at radius 2 is 1.59 bits per heavy atom. The van der Waals surface area contributed by atoms with E-state index < -0.39 is 0 Å². The van der Waals surface area contributed by atoms with Gasteiger partial charge >= 0.3 is 0 Å². The highest BCUT2D eigenvalue weighted by Crippen LogP contribution is 2.44. The fourth-order valence-electron chi connectivity index (χ4n) is 4.29.